The highest BCUT2D eigenvalue weighted by molar-refractivity contribution is 5.61. The third-order valence-corrected chi connectivity index (χ3v) is 4.56. The van der Waals surface area contributed by atoms with Gasteiger partial charge in [-0.1, -0.05) is 6.58 Å². The second-order valence-corrected chi connectivity index (χ2v) is 7.73. The molecular formula is C20H29F3N2O3. The monoisotopic (exact) mass is 402 g/mol. The van der Waals surface area contributed by atoms with E-state index < -0.39 is 6.36 Å². The smallest absolute Gasteiger partial charge is 0.406 e. The van der Waals surface area contributed by atoms with Crippen molar-refractivity contribution in [2.45, 2.75) is 51.6 Å². The van der Waals surface area contributed by atoms with Gasteiger partial charge >= 0.3 is 6.36 Å². The number of benzene rings is 1. The van der Waals surface area contributed by atoms with Crippen molar-refractivity contribution in [3.05, 3.63) is 36.4 Å². The molecule has 0 amide bonds. The zero-order chi connectivity index (χ0) is 20.8. The first kappa shape index (κ1) is 22.5. The lowest BCUT2D eigenvalue weighted by Gasteiger charge is -2.40. The number of hydrogen-bond donors (Lipinski definition) is 1. The predicted octanol–water partition coefficient (Wildman–Crippen LogP) is 4.36. The number of halogens is 3. The zero-order valence-corrected chi connectivity index (χ0v) is 16.6. The van der Waals surface area contributed by atoms with Crippen LogP contribution in [-0.4, -0.2) is 49.2 Å². The molecule has 0 unspecified atom stereocenters. The molecule has 2 rings (SSSR count). The third-order valence-electron chi connectivity index (χ3n) is 4.56. The van der Waals surface area contributed by atoms with E-state index in [4.69, 9.17) is 9.57 Å². The fourth-order valence-electron chi connectivity index (χ4n) is 3.00. The van der Waals surface area contributed by atoms with Gasteiger partial charge in [0.2, 0.25) is 0 Å². The topological polar surface area (TPSA) is 43.0 Å². The summed E-state index contributed by atoms with van der Waals surface area (Å²) in [4.78, 5) is 7.79. The molecule has 5 nitrogen and oxygen atoms in total. The van der Waals surface area contributed by atoms with Crippen molar-refractivity contribution >= 4 is 5.70 Å². The Morgan fingerprint density at radius 1 is 1.11 bits per heavy atom. The Hall–Kier alpha value is -1.77. The van der Waals surface area contributed by atoms with Crippen LogP contribution in [0.1, 0.15) is 39.2 Å². The minimum atomic E-state index is -4.71. The van der Waals surface area contributed by atoms with Crippen molar-refractivity contribution in [1.82, 2.24) is 10.4 Å². The van der Waals surface area contributed by atoms with E-state index in [1.54, 1.807) is 0 Å². The van der Waals surface area contributed by atoms with Crippen molar-refractivity contribution in [3.8, 4) is 5.75 Å². The molecule has 0 bridgehead atoms. The molecule has 1 aromatic rings. The molecule has 1 N–H and O–H groups in total. The Morgan fingerprint density at radius 2 is 1.71 bits per heavy atom. The van der Waals surface area contributed by atoms with Gasteiger partial charge in [0.25, 0.3) is 0 Å². The summed E-state index contributed by atoms with van der Waals surface area (Å²) in [7, 11) is 0. The molecule has 0 spiro atoms. The molecule has 0 atom stereocenters. The van der Waals surface area contributed by atoms with E-state index in [0.717, 1.165) is 25.9 Å². The minimum Gasteiger partial charge on any atom is -0.406 e. The molecule has 8 heteroatoms. The maximum absolute atomic E-state index is 12.2. The molecule has 1 fully saturated rings. The van der Waals surface area contributed by atoms with Gasteiger partial charge in [0.05, 0.1) is 25.0 Å². The fraction of sp³-hybridized carbons (Fsp3) is 0.600. The maximum atomic E-state index is 12.2. The van der Waals surface area contributed by atoms with Crippen molar-refractivity contribution in [2.24, 2.45) is 0 Å². The summed E-state index contributed by atoms with van der Waals surface area (Å²) < 4.78 is 46.2. The van der Waals surface area contributed by atoms with Crippen molar-refractivity contribution in [3.63, 3.8) is 0 Å². The molecule has 0 saturated carbocycles. The molecule has 1 saturated heterocycles. The minimum absolute atomic E-state index is 0.190. The number of alkyl halides is 3. The summed E-state index contributed by atoms with van der Waals surface area (Å²) in [6, 6.07) is 5.39. The van der Waals surface area contributed by atoms with Gasteiger partial charge < -0.3 is 9.47 Å². The summed E-state index contributed by atoms with van der Waals surface area (Å²) >= 11 is 0. The molecule has 0 radical (unpaired) electrons. The summed E-state index contributed by atoms with van der Waals surface area (Å²) in [6.45, 7) is 13.3. The number of piperidine rings is 1. The van der Waals surface area contributed by atoms with E-state index in [-0.39, 0.29) is 17.4 Å². The average molecular weight is 402 g/mol. The summed E-state index contributed by atoms with van der Waals surface area (Å²) in [5.74, 6) is -0.282. The first-order valence-corrected chi connectivity index (χ1v) is 9.34. The third kappa shape index (κ3) is 7.69. The van der Waals surface area contributed by atoms with Crippen molar-refractivity contribution < 1.29 is 27.5 Å². The van der Waals surface area contributed by atoms with Gasteiger partial charge in [-0.05, 0) is 63.4 Å². The van der Waals surface area contributed by atoms with E-state index in [1.807, 2.05) is 0 Å². The summed E-state index contributed by atoms with van der Waals surface area (Å²) in [5, 5.41) is 0. The van der Waals surface area contributed by atoms with Gasteiger partial charge in [0, 0.05) is 18.6 Å². The second-order valence-electron chi connectivity index (χ2n) is 7.73. The number of hydroxylamine groups is 1. The Morgan fingerprint density at radius 3 is 2.25 bits per heavy atom. The van der Waals surface area contributed by atoms with E-state index in [2.05, 4.69) is 42.5 Å². The first-order valence-electron chi connectivity index (χ1n) is 9.34. The Bertz CT molecular complexity index is 619. The number of nitrogens with zero attached hydrogens (tertiary/aromatic N) is 1. The van der Waals surface area contributed by atoms with Gasteiger partial charge in [0.15, 0.2) is 0 Å². The van der Waals surface area contributed by atoms with Gasteiger partial charge in [0.1, 0.15) is 5.75 Å². The number of ether oxygens (including phenoxy) is 2. The fourth-order valence-corrected chi connectivity index (χ4v) is 3.00. The van der Waals surface area contributed by atoms with Crippen LogP contribution in [0.4, 0.5) is 13.2 Å². The lowest BCUT2D eigenvalue weighted by Crippen LogP contribution is -2.47. The van der Waals surface area contributed by atoms with E-state index in [0.29, 0.717) is 24.5 Å². The van der Waals surface area contributed by atoms with Crippen molar-refractivity contribution in [2.75, 3.05) is 26.3 Å². The molecule has 158 valence electrons. The van der Waals surface area contributed by atoms with Crippen LogP contribution >= 0.6 is 0 Å². The molecule has 28 heavy (non-hydrogen) atoms. The van der Waals surface area contributed by atoms with E-state index in [9.17, 15) is 13.2 Å². The molecule has 0 aliphatic carbocycles. The van der Waals surface area contributed by atoms with Crippen LogP contribution in [0.5, 0.6) is 5.75 Å². The number of nitrogens with one attached hydrogen (secondary N) is 1. The first-order chi connectivity index (χ1) is 13.0. The second kappa shape index (κ2) is 9.62. The van der Waals surface area contributed by atoms with Crippen LogP contribution < -0.4 is 10.2 Å². The van der Waals surface area contributed by atoms with Crippen LogP contribution in [0.25, 0.3) is 5.70 Å². The summed E-state index contributed by atoms with van der Waals surface area (Å²) in [6.07, 6.45) is -2.46. The predicted molar refractivity (Wildman–Crippen MR) is 102 cm³/mol. The maximum Gasteiger partial charge on any atom is 0.573 e. The van der Waals surface area contributed by atoms with Crippen LogP contribution in [-0.2, 0) is 9.57 Å². The normalized spacial score (nSPS) is 16.8. The SMILES string of the molecule is C=C(NOCCOC1CCN(C(C)(C)C)CC1)c1ccc(OC(F)(F)F)cc1. The van der Waals surface area contributed by atoms with Crippen LogP contribution in [0, 0.1) is 0 Å². The highest BCUT2D eigenvalue weighted by Gasteiger charge is 2.31. The van der Waals surface area contributed by atoms with Crippen molar-refractivity contribution in [1.29, 1.82) is 0 Å². The molecule has 1 aliphatic heterocycles. The average Bonchev–Trinajstić information content (AvgIpc) is 2.60. The Kier molecular flexibility index (Phi) is 7.74. The summed E-state index contributed by atoms with van der Waals surface area (Å²) in [5.41, 5.74) is 3.92. The van der Waals surface area contributed by atoms with Gasteiger partial charge in [-0.25, -0.2) is 0 Å². The van der Waals surface area contributed by atoms with Crippen LogP contribution in [0.15, 0.2) is 30.8 Å². The molecular weight excluding hydrogens is 373 g/mol. The standard InChI is InChI=1S/C20H29F3N2O3/c1-15(16-5-7-18(8-6-16)28-20(21,22)23)24-27-14-13-26-17-9-11-25(12-10-17)19(2,3)4/h5-8,17,24H,1,9-14H2,2-4H3. The molecule has 1 aliphatic rings. The largest absolute Gasteiger partial charge is 0.573 e. The lowest BCUT2D eigenvalue weighted by molar-refractivity contribution is -0.274. The number of hydrogen-bond acceptors (Lipinski definition) is 5. The lowest BCUT2D eigenvalue weighted by atomic mass is 9.99. The molecule has 1 heterocycles. The zero-order valence-electron chi connectivity index (χ0n) is 16.6. The number of likely N-dealkylation sites (tertiary alicyclic amines) is 1. The Balaban J connectivity index is 1.61. The van der Waals surface area contributed by atoms with Gasteiger partial charge in [-0.3, -0.25) is 15.2 Å². The van der Waals surface area contributed by atoms with E-state index in [1.165, 1.54) is 24.3 Å². The van der Waals surface area contributed by atoms with Gasteiger partial charge in [-0.2, -0.15) is 0 Å². The van der Waals surface area contributed by atoms with E-state index >= 15 is 0 Å². The number of rotatable bonds is 8. The highest BCUT2D eigenvalue weighted by atomic mass is 19.4. The quantitative estimate of drug-likeness (QED) is 0.517. The molecule has 0 aromatic heterocycles. The van der Waals surface area contributed by atoms with Crippen LogP contribution in [0.3, 0.4) is 0 Å². The van der Waals surface area contributed by atoms with Crippen LogP contribution in [0.2, 0.25) is 0 Å². The van der Waals surface area contributed by atoms with Gasteiger partial charge in [-0.15, -0.1) is 13.2 Å². The Labute approximate surface area is 164 Å². The highest BCUT2D eigenvalue weighted by Crippen LogP contribution is 2.24. The molecule has 1 aromatic carbocycles.